The molecular weight excluding hydrogens is 458 g/mol. The highest BCUT2D eigenvalue weighted by atomic mass is 32.2. The number of amides is 1. The Hall–Kier alpha value is -2.91. The Morgan fingerprint density at radius 1 is 1.15 bits per heavy atom. The number of hydrogen-bond donors (Lipinski definition) is 1. The first-order chi connectivity index (χ1) is 15.5. The summed E-state index contributed by atoms with van der Waals surface area (Å²) in [6.45, 7) is 7.81. The van der Waals surface area contributed by atoms with Gasteiger partial charge in [0.1, 0.15) is 5.60 Å². The monoisotopic (exact) mass is 485 g/mol. The van der Waals surface area contributed by atoms with Gasteiger partial charge in [0.15, 0.2) is 5.13 Å². The summed E-state index contributed by atoms with van der Waals surface area (Å²) in [6.07, 6.45) is 0.982. The lowest BCUT2D eigenvalue weighted by molar-refractivity contribution is 0.0636. The Balaban J connectivity index is 1.62. The standard InChI is InChI=1S/C24H27N3O4S2/c1-16-21(25-22(32-16)26-23(28)31-24(2,3)4)18-12-13-20-17(15-18)9-8-14-27(20)33(29,30)19-10-6-5-7-11-19/h5-7,10-13,15H,8-9,14H2,1-4H3,(H,25,26,28). The van der Waals surface area contributed by atoms with E-state index in [0.29, 0.717) is 17.4 Å². The van der Waals surface area contributed by atoms with Crippen LogP contribution in [0, 0.1) is 6.92 Å². The molecule has 4 rings (SSSR count). The minimum absolute atomic E-state index is 0.287. The molecule has 0 radical (unpaired) electrons. The van der Waals surface area contributed by atoms with Crippen LogP contribution in [0.4, 0.5) is 15.6 Å². The number of thiazole rings is 1. The minimum atomic E-state index is -3.63. The van der Waals surface area contributed by atoms with Gasteiger partial charge in [-0.2, -0.15) is 0 Å². The molecule has 2 aromatic carbocycles. The molecule has 1 aliphatic rings. The summed E-state index contributed by atoms with van der Waals surface area (Å²) in [5, 5.41) is 3.16. The van der Waals surface area contributed by atoms with Crippen molar-refractivity contribution in [3.63, 3.8) is 0 Å². The third kappa shape index (κ3) is 5.04. The van der Waals surface area contributed by atoms with E-state index in [9.17, 15) is 13.2 Å². The number of carbonyl (C=O) groups excluding carboxylic acids is 1. The van der Waals surface area contributed by atoms with Crippen molar-refractivity contribution in [3.8, 4) is 11.3 Å². The van der Waals surface area contributed by atoms with Crippen LogP contribution in [-0.4, -0.2) is 31.6 Å². The van der Waals surface area contributed by atoms with Gasteiger partial charge in [0, 0.05) is 17.0 Å². The lowest BCUT2D eigenvalue weighted by atomic mass is 9.99. The Bertz CT molecular complexity index is 1280. The largest absolute Gasteiger partial charge is 0.444 e. The van der Waals surface area contributed by atoms with Crippen LogP contribution in [0.5, 0.6) is 0 Å². The zero-order chi connectivity index (χ0) is 23.8. The van der Waals surface area contributed by atoms with Crippen molar-refractivity contribution in [1.82, 2.24) is 4.98 Å². The summed E-state index contributed by atoms with van der Waals surface area (Å²) in [5.74, 6) is 0. The van der Waals surface area contributed by atoms with Gasteiger partial charge in [0.05, 0.1) is 16.3 Å². The number of fused-ring (bicyclic) bond motifs is 1. The molecule has 0 aliphatic carbocycles. The maximum Gasteiger partial charge on any atom is 0.413 e. The second kappa shape index (κ2) is 8.79. The molecule has 33 heavy (non-hydrogen) atoms. The molecule has 2 heterocycles. The van der Waals surface area contributed by atoms with E-state index in [1.165, 1.54) is 15.6 Å². The number of carbonyl (C=O) groups is 1. The Kier molecular flexibility index (Phi) is 6.20. The van der Waals surface area contributed by atoms with E-state index in [4.69, 9.17) is 4.74 Å². The van der Waals surface area contributed by atoms with E-state index in [0.717, 1.165) is 34.5 Å². The summed E-state index contributed by atoms with van der Waals surface area (Å²) >= 11 is 1.37. The van der Waals surface area contributed by atoms with Crippen molar-refractivity contribution in [2.45, 2.75) is 51.0 Å². The summed E-state index contributed by atoms with van der Waals surface area (Å²) in [4.78, 5) is 17.9. The van der Waals surface area contributed by atoms with E-state index in [1.54, 1.807) is 51.1 Å². The summed E-state index contributed by atoms with van der Waals surface area (Å²) in [7, 11) is -3.63. The molecule has 7 nitrogen and oxygen atoms in total. The maximum atomic E-state index is 13.2. The maximum absolute atomic E-state index is 13.2. The number of sulfonamides is 1. The van der Waals surface area contributed by atoms with Gasteiger partial charge in [-0.25, -0.2) is 18.2 Å². The Morgan fingerprint density at radius 2 is 1.88 bits per heavy atom. The first-order valence-corrected chi connectivity index (χ1v) is 13.0. The number of aromatic nitrogens is 1. The molecule has 1 amide bonds. The smallest absolute Gasteiger partial charge is 0.413 e. The van der Waals surface area contributed by atoms with E-state index in [-0.39, 0.29) is 4.90 Å². The van der Waals surface area contributed by atoms with Gasteiger partial charge in [-0.05, 0) is 70.4 Å². The summed E-state index contributed by atoms with van der Waals surface area (Å²) in [6, 6.07) is 14.2. The lowest BCUT2D eigenvalue weighted by Crippen LogP contribution is -2.35. The molecule has 0 spiro atoms. The Labute approximate surface area is 198 Å². The zero-order valence-electron chi connectivity index (χ0n) is 19.1. The van der Waals surface area contributed by atoms with Crippen LogP contribution in [0.2, 0.25) is 0 Å². The molecule has 1 aromatic heterocycles. The lowest BCUT2D eigenvalue weighted by Gasteiger charge is -2.30. The van der Waals surface area contributed by atoms with Crippen LogP contribution in [0.15, 0.2) is 53.4 Å². The SMILES string of the molecule is Cc1sc(NC(=O)OC(C)(C)C)nc1-c1ccc2c(c1)CCCN2S(=O)(=O)c1ccccc1. The van der Waals surface area contributed by atoms with Crippen LogP contribution in [0.1, 0.15) is 37.6 Å². The fourth-order valence-corrected chi connectivity index (χ4v) is 6.17. The molecule has 0 unspecified atom stereocenters. The quantitative estimate of drug-likeness (QED) is 0.519. The van der Waals surface area contributed by atoms with Gasteiger partial charge in [-0.3, -0.25) is 9.62 Å². The predicted molar refractivity (Wildman–Crippen MR) is 131 cm³/mol. The van der Waals surface area contributed by atoms with Gasteiger partial charge in [0.25, 0.3) is 10.0 Å². The number of nitrogens with zero attached hydrogens (tertiary/aromatic N) is 2. The molecule has 0 bridgehead atoms. The number of anilines is 2. The molecule has 3 aromatic rings. The highest BCUT2D eigenvalue weighted by Crippen LogP contribution is 2.37. The van der Waals surface area contributed by atoms with Crippen molar-refractivity contribution in [1.29, 1.82) is 0 Å². The average molecular weight is 486 g/mol. The normalized spacial score (nSPS) is 14.0. The topological polar surface area (TPSA) is 88.6 Å². The second-order valence-corrected chi connectivity index (χ2v) is 12.0. The van der Waals surface area contributed by atoms with Gasteiger partial charge in [0.2, 0.25) is 0 Å². The molecule has 1 N–H and O–H groups in total. The molecule has 0 saturated carbocycles. The van der Waals surface area contributed by atoms with Gasteiger partial charge in [-0.15, -0.1) is 11.3 Å². The van der Waals surface area contributed by atoms with Crippen molar-refractivity contribution in [2.75, 3.05) is 16.2 Å². The van der Waals surface area contributed by atoms with Crippen LogP contribution in [-0.2, 0) is 21.2 Å². The van der Waals surface area contributed by atoms with Crippen molar-refractivity contribution < 1.29 is 17.9 Å². The van der Waals surface area contributed by atoms with Gasteiger partial charge in [-0.1, -0.05) is 24.3 Å². The molecule has 1 aliphatic heterocycles. The van der Waals surface area contributed by atoms with Crippen molar-refractivity contribution >= 4 is 38.3 Å². The van der Waals surface area contributed by atoms with E-state index < -0.39 is 21.7 Å². The first-order valence-electron chi connectivity index (χ1n) is 10.7. The highest BCUT2D eigenvalue weighted by Gasteiger charge is 2.29. The number of nitrogens with one attached hydrogen (secondary N) is 1. The number of hydrogen-bond acceptors (Lipinski definition) is 6. The van der Waals surface area contributed by atoms with Crippen molar-refractivity contribution in [2.24, 2.45) is 0 Å². The molecule has 0 saturated heterocycles. The van der Waals surface area contributed by atoms with E-state index in [1.807, 2.05) is 25.1 Å². The average Bonchev–Trinajstić information content (AvgIpc) is 3.11. The number of rotatable bonds is 4. The van der Waals surface area contributed by atoms with E-state index >= 15 is 0 Å². The van der Waals surface area contributed by atoms with Crippen LogP contribution < -0.4 is 9.62 Å². The summed E-state index contributed by atoms with van der Waals surface area (Å²) in [5.41, 5.74) is 2.72. The fraction of sp³-hybridized carbons (Fsp3) is 0.333. The fourth-order valence-electron chi connectivity index (χ4n) is 3.79. The number of aryl methyl sites for hydroxylation is 2. The third-order valence-electron chi connectivity index (χ3n) is 5.16. The third-order valence-corrected chi connectivity index (χ3v) is 7.88. The highest BCUT2D eigenvalue weighted by molar-refractivity contribution is 7.92. The molecule has 174 valence electrons. The molecule has 0 atom stereocenters. The van der Waals surface area contributed by atoms with Crippen molar-refractivity contribution in [3.05, 3.63) is 59.0 Å². The minimum Gasteiger partial charge on any atom is -0.444 e. The summed E-state index contributed by atoms with van der Waals surface area (Å²) < 4.78 is 33.3. The Morgan fingerprint density at radius 3 is 2.58 bits per heavy atom. The van der Waals surface area contributed by atoms with Crippen LogP contribution in [0.25, 0.3) is 11.3 Å². The van der Waals surface area contributed by atoms with Gasteiger partial charge >= 0.3 is 6.09 Å². The molecule has 0 fully saturated rings. The first kappa shape index (κ1) is 23.3. The molecular formula is C24H27N3O4S2. The number of benzene rings is 2. The van der Waals surface area contributed by atoms with E-state index in [2.05, 4.69) is 10.3 Å². The number of ether oxygens (including phenoxy) is 1. The van der Waals surface area contributed by atoms with Crippen LogP contribution >= 0.6 is 11.3 Å². The van der Waals surface area contributed by atoms with Crippen LogP contribution in [0.3, 0.4) is 0 Å². The predicted octanol–water partition coefficient (Wildman–Crippen LogP) is 5.61. The molecule has 9 heteroatoms. The van der Waals surface area contributed by atoms with Gasteiger partial charge < -0.3 is 4.74 Å². The second-order valence-electron chi connectivity index (χ2n) is 8.89. The zero-order valence-corrected chi connectivity index (χ0v) is 20.7.